The third-order valence-electron chi connectivity index (χ3n) is 2.45. The number of carbonyl (C=O) groups excluding carboxylic acids is 1. The van der Waals surface area contributed by atoms with Gasteiger partial charge in [0, 0.05) is 11.8 Å². The van der Waals surface area contributed by atoms with E-state index in [1.165, 1.54) is 24.9 Å². The van der Waals surface area contributed by atoms with Crippen molar-refractivity contribution in [2.45, 2.75) is 24.3 Å². The number of esters is 1. The third-order valence-corrected chi connectivity index (χ3v) is 3.52. The average Bonchev–Trinajstić information content (AvgIpc) is 2.38. The Balaban J connectivity index is 2.82. The van der Waals surface area contributed by atoms with Crippen molar-refractivity contribution in [2.24, 2.45) is 0 Å². The second-order valence-corrected chi connectivity index (χ2v) is 4.97. The molecule has 0 amide bonds. The quantitative estimate of drug-likeness (QED) is 0.373. The molecule has 104 valence electrons. The predicted molar refractivity (Wildman–Crippen MR) is 71.1 cm³/mol. The van der Waals surface area contributed by atoms with Gasteiger partial charge in [-0.15, -0.1) is 11.8 Å². The molecule has 1 unspecified atom stereocenters. The van der Waals surface area contributed by atoms with Crippen LogP contribution in [0.4, 0.5) is 5.69 Å². The van der Waals surface area contributed by atoms with E-state index in [9.17, 15) is 20.0 Å². The number of ether oxygens (including phenoxy) is 1. The molecule has 1 aromatic carbocycles. The van der Waals surface area contributed by atoms with Crippen molar-refractivity contribution in [3.8, 4) is 0 Å². The molecule has 0 aliphatic heterocycles. The Bertz CT molecular complexity index is 475. The smallest absolute Gasteiger partial charge is 0.306 e. The highest BCUT2D eigenvalue weighted by molar-refractivity contribution is 7.99. The number of methoxy groups -OCH3 is 1. The molecule has 7 heteroatoms. The number of aliphatic hydroxyl groups excluding tert-OH is 1. The maximum absolute atomic E-state index is 11.0. The van der Waals surface area contributed by atoms with Gasteiger partial charge < -0.3 is 9.84 Å². The molecule has 6 nitrogen and oxygen atoms in total. The van der Waals surface area contributed by atoms with Gasteiger partial charge in [0.2, 0.25) is 0 Å². The van der Waals surface area contributed by atoms with Crippen LogP contribution in [0.1, 0.15) is 25.0 Å². The topological polar surface area (TPSA) is 89.7 Å². The monoisotopic (exact) mass is 285 g/mol. The minimum atomic E-state index is -0.757. The lowest BCUT2D eigenvalue weighted by Gasteiger charge is -2.07. The fourth-order valence-corrected chi connectivity index (χ4v) is 2.34. The Hall–Kier alpha value is -1.60. The van der Waals surface area contributed by atoms with Crippen LogP contribution in [0.2, 0.25) is 0 Å². The fraction of sp³-hybridized carbons (Fsp3) is 0.417. The number of thioether (sulfide) groups is 1. The molecule has 0 fully saturated rings. The van der Waals surface area contributed by atoms with E-state index in [1.807, 2.05) is 0 Å². The van der Waals surface area contributed by atoms with Gasteiger partial charge in [-0.25, -0.2) is 0 Å². The number of hydrogen-bond acceptors (Lipinski definition) is 6. The summed E-state index contributed by atoms with van der Waals surface area (Å²) < 4.78 is 4.50. The van der Waals surface area contributed by atoms with E-state index in [-0.39, 0.29) is 18.1 Å². The molecule has 1 N–H and O–H groups in total. The molecule has 19 heavy (non-hydrogen) atoms. The maximum Gasteiger partial charge on any atom is 0.306 e. The van der Waals surface area contributed by atoms with Crippen molar-refractivity contribution < 1.29 is 19.6 Å². The molecule has 1 rings (SSSR count). The standard InChI is InChI=1S/C12H15NO5S/c1-8(14)9-3-4-11(10(7-9)13(16)17)19-6-5-12(15)18-2/h3-4,7-8,14H,5-6H2,1-2H3. The van der Waals surface area contributed by atoms with E-state index in [1.54, 1.807) is 19.1 Å². The summed E-state index contributed by atoms with van der Waals surface area (Å²) in [5.74, 6) is 0.0532. The molecular weight excluding hydrogens is 270 g/mol. The highest BCUT2D eigenvalue weighted by atomic mass is 32.2. The van der Waals surface area contributed by atoms with Gasteiger partial charge in [0.05, 0.1) is 29.5 Å². The first-order valence-electron chi connectivity index (χ1n) is 5.61. The Labute approximate surface area is 114 Å². The van der Waals surface area contributed by atoms with Crippen LogP contribution in [0.25, 0.3) is 0 Å². The molecule has 0 saturated heterocycles. The van der Waals surface area contributed by atoms with Gasteiger partial charge in [0.1, 0.15) is 0 Å². The van der Waals surface area contributed by atoms with E-state index in [0.29, 0.717) is 16.2 Å². The van der Waals surface area contributed by atoms with Crippen LogP contribution in [0.15, 0.2) is 23.1 Å². The predicted octanol–water partition coefficient (Wildman–Crippen LogP) is 2.30. The molecule has 0 saturated carbocycles. The van der Waals surface area contributed by atoms with Crippen molar-refractivity contribution >= 4 is 23.4 Å². The van der Waals surface area contributed by atoms with Crippen LogP contribution in [0.5, 0.6) is 0 Å². The van der Waals surface area contributed by atoms with E-state index >= 15 is 0 Å². The molecule has 0 radical (unpaired) electrons. The summed E-state index contributed by atoms with van der Waals surface area (Å²) in [4.78, 5) is 21.9. The maximum atomic E-state index is 11.0. The third kappa shape index (κ3) is 4.53. The summed E-state index contributed by atoms with van der Waals surface area (Å²) in [5, 5.41) is 20.4. The van der Waals surface area contributed by atoms with Crippen molar-refractivity contribution in [2.75, 3.05) is 12.9 Å². The van der Waals surface area contributed by atoms with Crippen molar-refractivity contribution in [3.05, 3.63) is 33.9 Å². The minimum absolute atomic E-state index is 0.0618. The van der Waals surface area contributed by atoms with Crippen LogP contribution >= 0.6 is 11.8 Å². The highest BCUT2D eigenvalue weighted by Crippen LogP contribution is 2.32. The zero-order chi connectivity index (χ0) is 14.4. The Morgan fingerprint density at radius 2 is 2.26 bits per heavy atom. The van der Waals surface area contributed by atoms with E-state index in [2.05, 4.69) is 4.74 Å². The molecule has 1 aromatic rings. The molecule has 0 bridgehead atoms. The van der Waals surface area contributed by atoms with Crippen molar-refractivity contribution in [1.82, 2.24) is 0 Å². The van der Waals surface area contributed by atoms with Gasteiger partial charge in [0.15, 0.2) is 0 Å². The second-order valence-electron chi connectivity index (χ2n) is 3.83. The van der Waals surface area contributed by atoms with Crippen LogP contribution in [-0.4, -0.2) is 28.9 Å². The highest BCUT2D eigenvalue weighted by Gasteiger charge is 2.17. The van der Waals surface area contributed by atoms with Crippen molar-refractivity contribution in [1.29, 1.82) is 0 Å². The number of nitrogens with zero attached hydrogens (tertiary/aromatic N) is 1. The SMILES string of the molecule is COC(=O)CCSc1ccc(C(C)O)cc1[N+](=O)[O-]. The number of nitro benzene ring substituents is 1. The molecule has 0 aliphatic rings. The van der Waals surface area contributed by atoms with Crippen LogP contribution in [0, 0.1) is 10.1 Å². The van der Waals surface area contributed by atoms with Crippen molar-refractivity contribution in [3.63, 3.8) is 0 Å². The molecule has 0 aliphatic carbocycles. The first-order valence-corrected chi connectivity index (χ1v) is 6.60. The lowest BCUT2D eigenvalue weighted by Crippen LogP contribution is -2.01. The average molecular weight is 285 g/mol. The lowest BCUT2D eigenvalue weighted by molar-refractivity contribution is -0.387. The first kappa shape index (κ1) is 15.5. The molecule has 0 aromatic heterocycles. The fourth-order valence-electron chi connectivity index (χ4n) is 1.41. The molecule has 0 heterocycles. The summed E-state index contributed by atoms with van der Waals surface area (Å²) in [6.45, 7) is 1.54. The summed E-state index contributed by atoms with van der Waals surface area (Å²) in [7, 11) is 1.30. The molecule has 1 atom stereocenters. The number of carbonyl (C=O) groups is 1. The number of rotatable bonds is 6. The van der Waals surface area contributed by atoms with Gasteiger partial charge >= 0.3 is 5.97 Å². The Morgan fingerprint density at radius 1 is 1.58 bits per heavy atom. The van der Waals surface area contributed by atoms with E-state index in [0.717, 1.165) is 0 Å². The molecule has 0 spiro atoms. The normalized spacial score (nSPS) is 11.9. The van der Waals surface area contributed by atoms with Gasteiger partial charge in [0.25, 0.3) is 5.69 Å². The summed E-state index contributed by atoms with van der Waals surface area (Å²) >= 11 is 1.22. The zero-order valence-corrected chi connectivity index (χ0v) is 11.5. The number of nitro groups is 1. The minimum Gasteiger partial charge on any atom is -0.469 e. The van der Waals surface area contributed by atoms with E-state index in [4.69, 9.17) is 0 Å². The largest absolute Gasteiger partial charge is 0.469 e. The molecular formula is C12H15NO5S. The van der Waals surface area contributed by atoms with Crippen LogP contribution in [0.3, 0.4) is 0 Å². The van der Waals surface area contributed by atoms with Gasteiger partial charge in [-0.2, -0.15) is 0 Å². The van der Waals surface area contributed by atoms with Crippen LogP contribution in [-0.2, 0) is 9.53 Å². The second kappa shape index (κ2) is 7.10. The number of benzene rings is 1. The Morgan fingerprint density at radius 3 is 2.79 bits per heavy atom. The first-order chi connectivity index (χ1) is 8.95. The zero-order valence-electron chi connectivity index (χ0n) is 10.7. The van der Waals surface area contributed by atoms with Crippen LogP contribution < -0.4 is 0 Å². The van der Waals surface area contributed by atoms with Gasteiger partial charge in [-0.05, 0) is 18.6 Å². The summed E-state index contributed by atoms with van der Waals surface area (Å²) in [6.07, 6.45) is -0.566. The van der Waals surface area contributed by atoms with Gasteiger partial charge in [-0.3, -0.25) is 14.9 Å². The summed E-state index contributed by atoms with van der Waals surface area (Å²) in [5.41, 5.74) is 0.428. The van der Waals surface area contributed by atoms with E-state index < -0.39 is 11.0 Å². The van der Waals surface area contributed by atoms with Gasteiger partial charge in [-0.1, -0.05) is 6.07 Å². The number of hydrogen-bond donors (Lipinski definition) is 1. The lowest BCUT2D eigenvalue weighted by atomic mass is 10.1. The summed E-state index contributed by atoms with van der Waals surface area (Å²) in [6, 6.07) is 4.57. The number of aliphatic hydroxyl groups is 1. The Kier molecular flexibility index (Phi) is 5.78.